The number of allylic oxidation sites excluding steroid dienone is 9. The van der Waals surface area contributed by atoms with Gasteiger partial charge in [0.25, 0.3) is 0 Å². The molecule has 1 aliphatic heterocycles. The summed E-state index contributed by atoms with van der Waals surface area (Å²) in [7, 11) is 0. The maximum Gasteiger partial charge on any atom is 0.179 e. The molecule has 1 heterocycles. The first-order valence-electron chi connectivity index (χ1n) is 19.4. The Balaban J connectivity index is 1.07. The molecule has 5 aliphatic rings. The second-order valence-corrected chi connectivity index (χ2v) is 15.0. The van der Waals surface area contributed by atoms with E-state index >= 15 is 0 Å². The van der Waals surface area contributed by atoms with Gasteiger partial charge in [-0.05, 0) is 135 Å². The van der Waals surface area contributed by atoms with Crippen LogP contribution in [0.15, 0.2) is 188 Å². The quantitative estimate of drug-likeness (QED) is 0.166. The fourth-order valence-electron chi connectivity index (χ4n) is 9.89. The summed E-state index contributed by atoms with van der Waals surface area (Å²) in [6.07, 6.45) is 16.5. The van der Waals surface area contributed by atoms with E-state index in [-0.39, 0.29) is 6.10 Å². The molecule has 4 aliphatic carbocycles. The zero-order valence-corrected chi connectivity index (χ0v) is 30.7. The smallest absolute Gasteiger partial charge is 0.179 e. The minimum atomic E-state index is -0.414. The largest absolute Gasteiger partial charge is 0.478 e. The van der Waals surface area contributed by atoms with E-state index in [9.17, 15) is 0 Å². The molecule has 6 aromatic rings. The first-order chi connectivity index (χ1) is 27.2. The van der Waals surface area contributed by atoms with Gasteiger partial charge < -0.3 is 14.4 Å². The van der Waals surface area contributed by atoms with E-state index in [1.165, 1.54) is 55.3 Å². The highest BCUT2D eigenvalue weighted by molar-refractivity contribution is 5.97. The van der Waals surface area contributed by atoms with Crippen molar-refractivity contribution in [1.82, 2.24) is 0 Å². The summed E-state index contributed by atoms with van der Waals surface area (Å²) in [5, 5.41) is 2.38. The lowest BCUT2D eigenvalue weighted by Gasteiger charge is -2.40. The van der Waals surface area contributed by atoms with Crippen LogP contribution in [0.5, 0.6) is 11.5 Å². The lowest BCUT2D eigenvalue weighted by Crippen LogP contribution is -2.45. The van der Waals surface area contributed by atoms with Crippen LogP contribution in [0.25, 0.3) is 33.0 Å². The number of hydrogen-bond donors (Lipinski definition) is 0. The van der Waals surface area contributed by atoms with Gasteiger partial charge in [-0.25, -0.2) is 0 Å². The Hall–Kier alpha value is -6.58. The van der Waals surface area contributed by atoms with Crippen molar-refractivity contribution in [2.24, 2.45) is 0 Å². The molecule has 2 atom stereocenters. The van der Waals surface area contributed by atoms with Gasteiger partial charge in [0.15, 0.2) is 23.7 Å². The highest BCUT2D eigenvalue weighted by Crippen LogP contribution is 2.64. The Bertz CT molecular complexity index is 2730. The van der Waals surface area contributed by atoms with Gasteiger partial charge in [0.05, 0.1) is 11.1 Å². The molecule has 3 heteroatoms. The van der Waals surface area contributed by atoms with Crippen molar-refractivity contribution in [2.75, 3.05) is 4.90 Å². The van der Waals surface area contributed by atoms with Gasteiger partial charge in [0.2, 0.25) is 0 Å². The van der Waals surface area contributed by atoms with Crippen LogP contribution in [0.4, 0.5) is 11.4 Å². The Morgan fingerprint density at radius 3 is 2.27 bits per heavy atom. The molecule has 264 valence electrons. The zero-order chi connectivity index (χ0) is 36.7. The van der Waals surface area contributed by atoms with Gasteiger partial charge in [-0.15, -0.1) is 0 Å². The Morgan fingerprint density at radius 1 is 0.727 bits per heavy atom. The molecule has 0 aromatic heterocycles. The number of fused-ring (bicyclic) bond motifs is 12. The third kappa shape index (κ3) is 4.56. The van der Waals surface area contributed by atoms with Gasteiger partial charge in [0.1, 0.15) is 0 Å². The minimum Gasteiger partial charge on any atom is -0.478 e. The molecule has 1 spiro atoms. The van der Waals surface area contributed by atoms with Gasteiger partial charge in [0, 0.05) is 11.4 Å². The van der Waals surface area contributed by atoms with E-state index in [1.54, 1.807) is 0 Å². The van der Waals surface area contributed by atoms with Crippen LogP contribution in [-0.4, -0.2) is 12.2 Å². The average molecular weight is 710 g/mol. The van der Waals surface area contributed by atoms with Gasteiger partial charge in [-0.1, -0.05) is 128 Å². The van der Waals surface area contributed by atoms with Crippen LogP contribution in [0.2, 0.25) is 0 Å². The first kappa shape index (κ1) is 31.9. The molecule has 3 nitrogen and oxygen atoms in total. The van der Waals surface area contributed by atoms with Crippen molar-refractivity contribution < 1.29 is 9.47 Å². The molecular formula is C52H39NO2. The second kappa shape index (κ2) is 12.2. The molecule has 0 N–H and O–H groups in total. The average Bonchev–Trinajstić information content (AvgIpc) is 3.70. The van der Waals surface area contributed by atoms with Gasteiger partial charge in [-0.3, -0.25) is 0 Å². The summed E-state index contributed by atoms with van der Waals surface area (Å²) < 4.78 is 14.3. The van der Waals surface area contributed by atoms with Gasteiger partial charge in [-0.2, -0.15) is 0 Å². The third-order valence-electron chi connectivity index (χ3n) is 12.2. The van der Waals surface area contributed by atoms with E-state index in [0.717, 1.165) is 52.5 Å². The zero-order valence-electron chi connectivity index (χ0n) is 30.7. The fourth-order valence-corrected chi connectivity index (χ4v) is 9.89. The maximum atomic E-state index is 7.29. The topological polar surface area (TPSA) is 21.7 Å². The predicted octanol–water partition coefficient (Wildman–Crippen LogP) is 12.7. The molecular weight excluding hydrogens is 671 g/mol. The number of rotatable bonds is 5. The lowest BCUT2D eigenvalue weighted by molar-refractivity contribution is 0.0673. The molecule has 6 aromatic carbocycles. The molecule has 0 bridgehead atoms. The van der Waals surface area contributed by atoms with Crippen LogP contribution in [0.1, 0.15) is 47.6 Å². The van der Waals surface area contributed by atoms with Crippen molar-refractivity contribution in [3.05, 3.63) is 216 Å². The molecule has 11 rings (SSSR count). The first-order valence-corrected chi connectivity index (χ1v) is 19.4. The van der Waals surface area contributed by atoms with E-state index in [0.29, 0.717) is 0 Å². The molecule has 0 radical (unpaired) electrons. The number of ether oxygens (including phenoxy) is 2. The normalized spacial score (nSPS) is 19.4. The van der Waals surface area contributed by atoms with Crippen LogP contribution in [0.3, 0.4) is 0 Å². The van der Waals surface area contributed by atoms with Crippen LogP contribution >= 0.6 is 0 Å². The van der Waals surface area contributed by atoms with Crippen molar-refractivity contribution in [3.8, 4) is 22.6 Å². The molecule has 0 saturated carbocycles. The van der Waals surface area contributed by atoms with E-state index in [2.05, 4.69) is 182 Å². The van der Waals surface area contributed by atoms with Crippen molar-refractivity contribution >= 4 is 33.3 Å². The maximum absolute atomic E-state index is 7.29. The third-order valence-corrected chi connectivity index (χ3v) is 12.2. The standard InChI is InChI=1S/C52H39NO2/c1-3-33(4-2)35-17-13-18-37(29-35)53(38-28-27-34-15-5-6-16-36(34)30-38)47-25-14-26-48-51(47)55-50-32-46-42(31-49(50)54-48)41-21-9-12-24-45(41)52(46)43-22-10-7-19-39(43)40-20-8-11-23-44(40)52/h3-8,10-20,22-32,48,51H,1,9,21H2,2H3/b33-4+. The Morgan fingerprint density at radius 2 is 1.47 bits per heavy atom. The molecule has 0 amide bonds. The number of nitrogens with zero attached hydrogens (tertiary/aromatic N) is 1. The highest BCUT2D eigenvalue weighted by Gasteiger charge is 2.53. The fraction of sp³-hybridized carbons (Fsp3) is 0.115. The second-order valence-electron chi connectivity index (χ2n) is 15.0. The summed E-state index contributed by atoms with van der Waals surface area (Å²) in [4.78, 5) is 2.34. The molecule has 55 heavy (non-hydrogen) atoms. The van der Waals surface area contributed by atoms with Crippen LogP contribution in [-0.2, 0) is 5.41 Å². The summed E-state index contributed by atoms with van der Waals surface area (Å²) in [6, 6.07) is 46.4. The van der Waals surface area contributed by atoms with Crippen LogP contribution < -0.4 is 14.4 Å². The molecule has 0 fully saturated rings. The summed E-state index contributed by atoms with van der Waals surface area (Å²) in [5.41, 5.74) is 15.5. The number of anilines is 2. The molecule has 0 saturated heterocycles. The minimum absolute atomic E-state index is 0.307. The summed E-state index contributed by atoms with van der Waals surface area (Å²) in [6.45, 7) is 6.15. The van der Waals surface area contributed by atoms with Gasteiger partial charge >= 0.3 is 0 Å². The molecule has 2 unspecified atom stereocenters. The van der Waals surface area contributed by atoms with E-state index < -0.39 is 11.5 Å². The number of benzene rings is 6. The number of hydrogen-bond acceptors (Lipinski definition) is 3. The Labute approximate surface area is 322 Å². The van der Waals surface area contributed by atoms with Crippen LogP contribution in [0, 0.1) is 0 Å². The van der Waals surface area contributed by atoms with Crippen molar-refractivity contribution in [3.63, 3.8) is 0 Å². The predicted molar refractivity (Wildman–Crippen MR) is 226 cm³/mol. The summed E-state index contributed by atoms with van der Waals surface area (Å²) in [5.74, 6) is 1.58. The highest BCUT2D eigenvalue weighted by atomic mass is 16.6. The Kier molecular flexibility index (Phi) is 7.09. The van der Waals surface area contributed by atoms with Crippen molar-refractivity contribution in [2.45, 2.75) is 37.4 Å². The van der Waals surface area contributed by atoms with E-state index in [4.69, 9.17) is 9.47 Å². The SMILES string of the molecule is C=C/C(=C\C)c1cccc(N(C2=CC=CC3Oc4cc5c(cc4OC23)C2(C3=C5CCC=C3)c3ccccc3-c3ccccc32)c2ccc3ccccc3c2)c1. The van der Waals surface area contributed by atoms with E-state index in [1.807, 2.05) is 6.08 Å². The summed E-state index contributed by atoms with van der Waals surface area (Å²) >= 11 is 0. The van der Waals surface area contributed by atoms with Crippen molar-refractivity contribution in [1.29, 1.82) is 0 Å². The lowest BCUT2D eigenvalue weighted by atomic mass is 9.69. The monoisotopic (exact) mass is 709 g/mol.